The molecule has 344 valence electrons. The smallest absolute Gasteiger partial charge is 0.261 e. The molecule has 2 atom stereocenters. The minimum atomic E-state index is -3.78. The van der Waals surface area contributed by atoms with E-state index in [-0.39, 0.29) is 92.2 Å². The number of nitrogens with two attached hydrogens (primary N) is 1. The highest BCUT2D eigenvalue weighted by atomic mass is 35.7. The lowest BCUT2D eigenvalue weighted by atomic mass is 9.85. The Labute approximate surface area is 372 Å². The van der Waals surface area contributed by atoms with Crippen molar-refractivity contribution in [2.45, 2.75) is 99.2 Å². The van der Waals surface area contributed by atoms with Crippen LogP contribution in [0.2, 0.25) is 0 Å². The van der Waals surface area contributed by atoms with Crippen LogP contribution in [0, 0.1) is 23.5 Å². The summed E-state index contributed by atoms with van der Waals surface area (Å²) in [6.07, 6.45) is 5.77. The fourth-order valence-electron chi connectivity index (χ4n) is 7.11. The summed E-state index contributed by atoms with van der Waals surface area (Å²) in [5.41, 5.74) is 7.58. The first kappa shape index (κ1) is 50.6. The van der Waals surface area contributed by atoms with Crippen LogP contribution in [0.5, 0.6) is 23.0 Å². The van der Waals surface area contributed by atoms with Crippen molar-refractivity contribution in [1.29, 1.82) is 0 Å². The molecular weight excluding hydrogens is 882 g/mol. The van der Waals surface area contributed by atoms with E-state index in [2.05, 4.69) is 15.4 Å². The number of phenols is 2. The highest BCUT2D eigenvalue weighted by Crippen LogP contribution is 2.32. The molecule has 7 N–H and O–H groups in total. The van der Waals surface area contributed by atoms with Gasteiger partial charge in [-0.2, -0.15) is 0 Å². The molecule has 0 aliphatic heterocycles. The average molecular weight is 938 g/mol. The fourth-order valence-corrected chi connectivity index (χ4v) is 9.20. The third kappa shape index (κ3) is 15.3. The summed E-state index contributed by atoms with van der Waals surface area (Å²) in [5, 5.41) is 24.7. The predicted molar refractivity (Wildman–Crippen MR) is 234 cm³/mol. The van der Waals surface area contributed by atoms with Crippen LogP contribution in [0.3, 0.4) is 0 Å². The van der Waals surface area contributed by atoms with Crippen molar-refractivity contribution in [3.8, 4) is 23.0 Å². The molecule has 2 amide bonds. The van der Waals surface area contributed by atoms with Gasteiger partial charge in [0, 0.05) is 46.7 Å². The van der Waals surface area contributed by atoms with Crippen LogP contribution in [-0.2, 0) is 28.7 Å². The van der Waals surface area contributed by atoms with Gasteiger partial charge in [-0.3, -0.25) is 9.59 Å². The Morgan fingerprint density at radius 2 is 1.03 bits per heavy atom. The maximum atomic E-state index is 13.1. The maximum absolute atomic E-state index is 13.1. The predicted octanol–water partition coefficient (Wildman–Crippen LogP) is 7.10. The molecule has 0 unspecified atom stereocenters. The number of carbonyl (C=O) groups excluding carboxylic acids is 2. The first-order chi connectivity index (χ1) is 29.7. The molecule has 63 heavy (non-hydrogen) atoms. The van der Waals surface area contributed by atoms with Gasteiger partial charge in [0.1, 0.15) is 11.6 Å². The van der Waals surface area contributed by atoms with Crippen LogP contribution in [-0.4, -0.2) is 65.2 Å². The molecule has 2 aliphatic rings. The SMILES string of the molecule is COc1cc(S(=O)(=O)Cl)ccc1O.COc1cc(S(=O)(=O)NC2CCC(C(=O)N[C@H](C)c3ccc(F)cc3)CC2)ccc1O.C[C@@H](NC(=O)C1CCC(N)CC1)c1ccc(F)cc1. The minimum absolute atomic E-state index is 0.00939. The summed E-state index contributed by atoms with van der Waals surface area (Å²) in [6.45, 7) is 3.76. The van der Waals surface area contributed by atoms with Crippen LogP contribution >= 0.6 is 10.7 Å². The van der Waals surface area contributed by atoms with Gasteiger partial charge < -0.3 is 36.1 Å². The van der Waals surface area contributed by atoms with Gasteiger partial charge in [-0.05, 0) is 125 Å². The number of methoxy groups -OCH3 is 2. The Morgan fingerprint density at radius 3 is 1.43 bits per heavy atom. The molecule has 14 nitrogen and oxygen atoms in total. The monoisotopic (exact) mass is 936 g/mol. The topological polar surface area (TPSA) is 223 Å². The summed E-state index contributed by atoms with van der Waals surface area (Å²) in [6, 6.07) is 19.3. The Morgan fingerprint density at radius 1 is 0.651 bits per heavy atom. The van der Waals surface area contributed by atoms with Crippen molar-refractivity contribution < 1.29 is 54.9 Å². The first-order valence-corrected chi connectivity index (χ1v) is 24.1. The third-order valence-corrected chi connectivity index (χ3v) is 13.8. The van der Waals surface area contributed by atoms with Crippen LogP contribution in [0.4, 0.5) is 8.78 Å². The number of aromatic hydroxyl groups is 2. The lowest BCUT2D eigenvalue weighted by Crippen LogP contribution is -2.41. The van der Waals surface area contributed by atoms with Gasteiger partial charge in [-0.15, -0.1) is 0 Å². The molecule has 0 bridgehead atoms. The Bertz CT molecular complexity index is 2360. The number of ether oxygens (including phenoxy) is 2. The van der Waals surface area contributed by atoms with E-state index in [0.29, 0.717) is 25.7 Å². The Kier molecular flexibility index (Phi) is 18.5. The highest BCUT2D eigenvalue weighted by molar-refractivity contribution is 8.13. The van der Waals surface area contributed by atoms with Crippen molar-refractivity contribution in [1.82, 2.24) is 15.4 Å². The van der Waals surface area contributed by atoms with Gasteiger partial charge in [0.25, 0.3) is 9.05 Å². The van der Waals surface area contributed by atoms with Crippen molar-refractivity contribution in [2.75, 3.05) is 14.2 Å². The number of amides is 2. The zero-order valence-corrected chi connectivity index (χ0v) is 37.8. The first-order valence-electron chi connectivity index (χ1n) is 20.3. The maximum Gasteiger partial charge on any atom is 0.261 e. The molecule has 4 aromatic rings. The summed E-state index contributed by atoms with van der Waals surface area (Å²) >= 11 is 0. The van der Waals surface area contributed by atoms with Gasteiger partial charge >= 0.3 is 0 Å². The second-order valence-electron chi connectivity index (χ2n) is 15.5. The van der Waals surface area contributed by atoms with E-state index >= 15 is 0 Å². The second kappa shape index (κ2) is 23.1. The molecule has 19 heteroatoms. The normalized spacial score (nSPS) is 19.7. The number of phenolic OH excluding ortho intramolecular Hbond substituents is 2. The summed E-state index contributed by atoms with van der Waals surface area (Å²) in [7, 11) is 0.194. The van der Waals surface area contributed by atoms with Crippen molar-refractivity contribution in [2.24, 2.45) is 17.6 Å². The molecule has 2 saturated carbocycles. The molecule has 0 radical (unpaired) electrons. The van der Waals surface area contributed by atoms with Gasteiger partial charge in [-0.1, -0.05) is 24.3 Å². The standard InChI is InChI=1S/C22H27FN2O5S.C15H21FN2O.C7H7ClO4S/c1-14(15-3-7-17(23)8-4-15)24-22(27)16-5-9-18(10-6-16)25-31(28,29)19-11-12-20(26)21(13-19)30-2;1-10(11-2-6-13(16)7-3-11)18-15(19)12-4-8-14(17)9-5-12;1-12-7-4-5(13(8,10)11)2-3-6(7)9/h3-4,7-8,11-14,16,18,25-26H,5-6,9-10H2,1-2H3,(H,24,27);2-3,6-7,10,12,14H,4-5,8-9,17H2,1H3,(H,18,19);2-4,9H,1H3/t14-,16?,18?;10-,12?,14?;/m11./s1. The largest absolute Gasteiger partial charge is 0.504 e. The third-order valence-electron chi connectivity index (χ3n) is 10.9. The Balaban J connectivity index is 0.000000230. The zero-order chi connectivity index (χ0) is 46.5. The number of hydrogen-bond donors (Lipinski definition) is 6. The van der Waals surface area contributed by atoms with Crippen molar-refractivity contribution in [3.63, 3.8) is 0 Å². The van der Waals surface area contributed by atoms with Gasteiger partial charge in [0.05, 0.1) is 36.1 Å². The highest BCUT2D eigenvalue weighted by Gasteiger charge is 2.30. The van der Waals surface area contributed by atoms with Crippen molar-refractivity contribution >= 4 is 41.6 Å². The van der Waals surface area contributed by atoms with E-state index in [9.17, 15) is 40.3 Å². The van der Waals surface area contributed by atoms with Crippen LogP contribution in [0.25, 0.3) is 0 Å². The summed E-state index contributed by atoms with van der Waals surface area (Å²) in [4.78, 5) is 24.6. The van der Waals surface area contributed by atoms with E-state index in [4.69, 9.17) is 31.0 Å². The van der Waals surface area contributed by atoms with Gasteiger partial charge in [-0.25, -0.2) is 30.3 Å². The summed E-state index contributed by atoms with van der Waals surface area (Å²) in [5.74, 6) is -0.822. The van der Waals surface area contributed by atoms with E-state index in [0.717, 1.165) is 42.9 Å². The van der Waals surface area contributed by atoms with E-state index in [1.807, 2.05) is 13.8 Å². The zero-order valence-electron chi connectivity index (χ0n) is 35.4. The molecule has 6 rings (SSSR count). The molecule has 2 fully saturated rings. The van der Waals surface area contributed by atoms with E-state index in [1.165, 1.54) is 68.8 Å². The number of halogens is 3. The lowest BCUT2D eigenvalue weighted by molar-refractivity contribution is -0.127. The molecular formula is C44H55ClF2N4O10S2. The molecule has 4 aromatic carbocycles. The number of sulfonamides is 1. The number of carbonyl (C=O) groups is 2. The minimum Gasteiger partial charge on any atom is -0.504 e. The molecule has 2 aliphatic carbocycles. The lowest BCUT2D eigenvalue weighted by Gasteiger charge is -2.29. The summed E-state index contributed by atoms with van der Waals surface area (Å²) < 4.78 is 85.3. The number of rotatable bonds is 12. The molecule has 0 spiro atoms. The van der Waals surface area contributed by atoms with Crippen LogP contribution < -0.4 is 30.6 Å². The quantitative estimate of drug-likeness (QED) is 0.0786. The molecule has 0 saturated heterocycles. The second-order valence-corrected chi connectivity index (χ2v) is 19.7. The number of hydrogen-bond acceptors (Lipinski definition) is 11. The van der Waals surface area contributed by atoms with Gasteiger partial charge in [0.15, 0.2) is 23.0 Å². The molecule has 0 aromatic heterocycles. The van der Waals surface area contributed by atoms with Crippen molar-refractivity contribution in [3.05, 3.63) is 108 Å². The van der Waals surface area contributed by atoms with Crippen LogP contribution in [0.15, 0.2) is 94.7 Å². The number of benzene rings is 4. The average Bonchev–Trinajstić information content (AvgIpc) is 3.24. The number of nitrogens with one attached hydrogen (secondary N) is 3. The van der Waals surface area contributed by atoms with Gasteiger partial charge in [0.2, 0.25) is 21.8 Å². The fraction of sp³-hybridized carbons (Fsp3) is 0.409. The van der Waals surface area contributed by atoms with E-state index in [1.54, 1.807) is 24.3 Å². The Hall–Kier alpha value is -5.01. The van der Waals surface area contributed by atoms with E-state index < -0.39 is 19.1 Å². The molecule has 0 heterocycles. The van der Waals surface area contributed by atoms with Crippen LogP contribution in [0.1, 0.15) is 88.4 Å².